The summed E-state index contributed by atoms with van der Waals surface area (Å²) in [6.07, 6.45) is 11.6. The molecule has 2 aliphatic heterocycles. The average Bonchev–Trinajstić information content (AvgIpc) is 3.12. The molecule has 3 fully saturated rings. The maximum absolute atomic E-state index is 10.6. The first-order chi connectivity index (χ1) is 12.7. The van der Waals surface area contributed by atoms with Crippen LogP contribution in [-0.2, 0) is 0 Å². The van der Waals surface area contributed by atoms with Crippen molar-refractivity contribution in [1.29, 1.82) is 0 Å². The molecule has 0 spiro atoms. The summed E-state index contributed by atoms with van der Waals surface area (Å²) in [7, 11) is 0. The monoisotopic (exact) mass is 382 g/mol. The van der Waals surface area contributed by atoms with Crippen LogP contribution in [0.25, 0.3) is 0 Å². The molecule has 1 saturated carbocycles. The highest BCUT2D eigenvalue weighted by Gasteiger charge is 2.38. The number of aliphatic imine (C=N–C) groups is 1. The summed E-state index contributed by atoms with van der Waals surface area (Å²) >= 11 is 1.84. The Morgan fingerprint density at radius 3 is 2.42 bits per heavy atom. The fourth-order valence-electron chi connectivity index (χ4n) is 4.70. The number of likely N-dealkylation sites (tertiary alicyclic amines) is 1. The third-order valence-corrected chi connectivity index (χ3v) is 7.59. The van der Waals surface area contributed by atoms with Crippen molar-refractivity contribution in [1.82, 2.24) is 15.5 Å². The van der Waals surface area contributed by atoms with Gasteiger partial charge in [0, 0.05) is 24.4 Å². The minimum Gasteiger partial charge on any atom is -0.387 e. The SMILES string of the molecule is CCNC(=NCC1(N2CCCCC2)CCCCC1)NCC1(O)CCSC1. The molecule has 0 amide bonds. The van der Waals surface area contributed by atoms with E-state index >= 15 is 0 Å². The Hall–Kier alpha value is -0.460. The molecule has 2 saturated heterocycles. The lowest BCUT2D eigenvalue weighted by Gasteiger charge is -2.47. The van der Waals surface area contributed by atoms with Gasteiger partial charge in [-0.1, -0.05) is 25.7 Å². The molecular weight excluding hydrogens is 344 g/mol. The van der Waals surface area contributed by atoms with Crippen LogP contribution in [0.5, 0.6) is 0 Å². The summed E-state index contributed by atoms with van der Waals surface area (Å²) in [5.74, 6) is 2.76. The number of nitrogens with zero attached hydrogens (tertiary/aromatic N) is 2. The maximum Gasteiger partial charge on any atom is 0.191 e. The van der Waals surface area contributed by atoms with Gasteiger partial charge < -0.3 is 15.7 Å². The second-order valence-electron chi connectivity index (χ2n) is 8.41. The molecule has 1 atom stereocenters. The average molecular weight is 383 g/mol. The zero-order valence-electron chi connectivity index (χ0n) is 16.6. The number of hydrogen-bond acceptors (Lipinski definition) is 4. The summed E-state index contributed by atoms with van der Waals surface area (Å²) in [5, 5.41) is 17.4. The van der Waals surface area contributed by atoms with E-state index in [0.29, 0.717) is 6.54 Å². The van der Waals surface area contributed by atoms with E-state index in [1.807, 2.05) is 11.8 Å². The molecule has 1 unspecified atom stereocenters. The molecular formula is C20H38N4OS. The van der Waals surface area contributed by atoms with Gasteiger partial charge in [-0.3, -0.25) is 9.89 Å². The van der Waals surface area contributed by atoms with Crippen molar-refractivity contribution in [3.8, 4) is 0 Å². The molecule has 3 N–H and O–H groups in total. The van der Waals surface area contributed by atoms with E-state index in [0.717, 1.165) is 37.0 Å². The normalized spacial score (nSPS) is 30.3. The lowest BCUT2D eigenvalue weighted by atomic mass is 9.79. The first-order valence-electron chi connectivity index (χ1n) is 10.7. The van der Waals surface area contributed by atoms with Crippen molar-refractivity contribution in [3.63, 3.8) is 0 Å². The zero-order valence-corrected chi connectivity index (χ0v) is 17.4. The van der Waals surface area contributed by atoms with Crippen LogP contribution in [0, 0.1) is 0 Å². The Morgan fingerprint density at radius 2 is 1.77 bits per heavy atom. The minimum absolute atomic E-state index is 0.265. The number of aliphatic hydroxyl groups is 1. The van der Waals surface area contributed by atoms with Crippen LogP contribution in [0.4, 0.5) is 0 Å². The van der Waals surface area contributed by atoms with Gasteiger partial charge in [-0.25, -0.2) is 0 Å². The molecule has 0 aromatic carbocycles. The zero-order chi connectivity index (χ0) is 18.3. The molecule has 2 heterocycles. The van der Waals surface area contributed by atoms with Crippen LogP contribution < -0.4 is 10.6 Å². The molecule has 0 radical (unpaired) electrons. The van der Waals surface area contributed by atoms with Gasteiger partial charge in [0.25, 0.3) is 0 Å². The van der Waals surface area contributed by atoms with E-state index in [4.69, 9.17) is 4.99 Å². The van der Waals surface area contributed by atoms with E-state index in [1.54, 1.807) is 0 Å². The lowest BCUT2D eigenvalue weighted by molar-refractivity contribution is 0.0406. The van der Waals surface area contributed by atoms with E-state index < -0.39 is 5.60 Å². The lowest BCUT2D eigenvalue weighted by Crippen LogP contribution is -2.55. The van der Waals surface area contributed by atoms with E-state index in [1.165, 1.54) is 64.5 Å². The third kappa shape index (κ3) is 5.29. The molecule has 150 valence electrons. The van der Waals surface area contributed by atoms with Crippen LogP contribution in [0.2, 0.25) is 0 Å². The van der Waals surface area contributed by atoms with Gasteiger partial charge in [0.2, 0.25) is 0 Å². The van der Waals surface area contributed by atoms with Crippen molar-refractivity contribution in [2.45, 2.75) is 75.9 Å². The number of thioether (sulfide) groups is 1. The highest BCUT2D eigenvalue weighted by atomic mass is 32.2. The fraction of sp³-hybridized carbons (Fsp3) is 0.950. The largest absolute Gasteiger partial charge is 0.387 e. The first kappa shape index (κ1) is 20.3. The highest BCUT2D eigenvalue weighted by molar-refractivity contribution is 7.99. The fourth-order valence-corrected chi connectivity index (χ4v) is 6.00. The summed E-state index contributed by atoms with van der Waals surface area (Å²) in [5.41, 5.74) is -0.308. The van der Waals surface area contributed by atoms with Crippen molar-refractivity contribution >= 4 is 17.7 Å². The highest BCUT2D eigenvalue weighted by Crippen LogP contribution is 2.36. The van der Waals surface area contributed by atoms with Crippen LogP contribution in [-0.4, -0.2) is 71.3 Å². The van der Waals surface area contributed by atoms with Crippen molar-refractivity contribution in [3.05, 3.63) is 0 Å². The third-order valence-electron chi connectivity index (χ3n) is 6.35. The Balaban J connectivity index is 1.64. The molecule has 0 aromatic rings. The van der Waals surface area contributed by atoms with Gasteiger partial charge >= 0.3 is 0 Å². The minimum atomic E-state index is -0.573. The summed E-state index contributed by atoms with van der Waals surface area (Å²) in [6.45, 7) is 6.94. The topological polar surface area (TPSA) is 59.9 Å². The Morgan fingerprint density at radius 1 is 1.04 bits per heavy atom. The number of nitrogens with one attached hydrogen (secondary N) is 2. The van der Waals surface area contributed by atoms with Gasteiger partial charge in [-0.2, -0.15) is 11.8 Å². The Labute approximate surface area is 163 Å². The summed E-state index contributed by atoms with van der Waals surface area (Å²) < 4.78 is 0. The summed E-state index contributed by atoms with van der Waals surface area (Å²) in [6, 6.07) is 0. The van der Waals surface area contributed by atoms with Crippen LogP contribution in [0.3, 0.4) is 0 Å². The number of piperidine rings is 1. The molecule has 1 aliphatic carbocycles. The van der Waals surface area contributed by atoms with Crippen molar-refractivity contribution in [2.75, 3.05) is 44.2 Å². The van der Waals surface area contributed by atoms with E-state index in [-0.39, 0.29) is 5.54 Å². The summed E-state index contributed by atoms with van der Waals surface area (Å²) in [4.78, 5) is 7.77. The smallest absolute Gasteiger partial charge is 0.191 e. The van der Waals surface area contributed by atoms with Gasteiger partial charge in [-0.15, -0.1) is 0 Å². The second kappa shape index (κ2) is 9.65. The quantitative estimate of drug-likeness (QED) is 0.487. The molecule has 5 nitrogen and oxygen atoms in total. The molecule has 3 aliphatic rings. The molecule has 3 rings (SSSR count). The maximum atomic E-state index is 10.6. The van der Waals surface area contributed by atoms with Crippen LogP contribution in [0.1, 0.15) is 64.7 Å². The number of hydrogen-bond donors (Lipinski definition) is 3. The Bertz CT molecular complexity index is 453. The number of rotatable bonds is 6. The van der Waals surface area contributed by atoms with Crippen molar-refractivity contribution < 1.29 is 5.11 Å². The molecule has 26 heavy (non-hydrogen) atoms. The van der Waals surface area contributed by atoms with Crippen LogP contribution in [0.15, 0.2) is 4.99 Å². The standard InChI is InChI=1S/C20H38N4OS/c1-2-21-18(23-16-20(25)11-14-26-17-20)22-15-19(9-5-3-6-10-19)24-12-7-4-8-13-24/h25H,2-17H2,1H3,(H2,21,22,23). The number of guanidine groups is 1. The van der Waals surface area contributed by atoms with E-state index in [2.05, 4.69) is 22.5 Å². The predicted octanol–water partition coefficient (Wildman–Crippen LogP) is 2.60. The molecule has 6 heteroatoms. The molecule has 0 aromatic heterocycles. The van der Waals surface area contributed by atoms with Gasteiger partial charge in [0.1, 0.15) is 0 Å². The second-order valence-corrected chi connectivity index (χ2v) is 9.51. The Kier molecular flexibility index (Phi) is 7.53. The van der Waals surface area contributed by atoms with E-state index in [9.17, 15) is 5.11 Å². The predicted molar refractivity (Wildman–Crippen MR) is 112 cm³/mol. The first-order valence-corrected chi connectivity index (χ1v) is 11.9. The van der Waals surface area contributed by atoms with Crippen LogP contribution >= 0.6 is 11.8 Å². The van der Waals surface area contributed by atoms with Gasteiger partial charge in [0.05, 0.1) is 12.1 Å². The molecule has 0 bridgehead atoms. The van der Waals surface area contributed by atoms with Crippen molar-refractivity contribution in [2.24, 2.45) is 4.99 Å². The van der Waals surface area contributed by atoms with Gasteiger partial charge in [0.15, 0.2) is 5.96 Å². The van der Waals surface area contributed by atoms with Gasteiger partial charge in [-0.05, 0) is 57.9 Å².